The molecule has 0 bridgehead atoms. The first-order valence-electron chi connectivity index (χ1n) is 6.77. The molecular weight excluding hydrogens is 196 g/mol. The zero-order valence-electron chi connectivity index (χ0n) is 11.5. The normalized spacial score (nSPS) is 41.6. The highest BCUT2D eigenvalue weighted by Gasteiger charge is 2.51. The molecule has 2 fully saturated rings. The van der Waals surface area contributed by atoms with Gasteiger partial charge in [0.2, 0.25) is 0 Å². The van der Waals surface area contributed by atoms with Gasteiger partial charge < -0.3 is 0 Å². The van der Waals surface area contributed by atoms with Gasteiger partial charge in [-0.2, -0.15) is 0 Å². The number of hydrogen-bond acceptors (Lipinski definition) is 1. The average molecular weight is 222 g/mol. The lowest BCUT2D eigenvalue weighted by Crippen LogP contribution is -2.49. The maximum atomic E-state index is 11.9. The van der Waals surface area contributed by atoms with Crippen LogP contribution < -0.4 is 0 Å². The molecule has 2 aliphatic carbocycles. The van der Waals surface area contributed by atoms with Crippen molar-refractivity contribution in [1.82, 2.24) is 0 Å². The van der Waals surface area contributed by atoms with Crippen LogP contribution in [0.3, 0.4) is 0 Å². The van der Waals surface area contributed by atoms with Crippen LogP contribution in [0.1, 0.15) is 60.3 Å². The molecule has 16 heavy (non-hydrogen) atoms. The SMILES string of the molecule is CC1CC2C(CC1=O)C(C)(C)CCC2(C)C. The number of carbonyl (C=O) groups excluding carboxylic acids is 1. The molecule has 0 saturated heterocycles. The quantitative estimate of drug-likeness (QED) is 0.604. The Morgan fingerprint density at radius 3 is 2.06 bits per heavy atom. The molecule has 0 aromatic rings. The molecule has 0 radical (unpaired) electrons. The van der Waals surface area contributed by atoms with Gasteiger partial charge in [-0.3, -0.25) is 4.79 Å². The Morgan fingerprint density at radius 2 is 1.50 bits per heavy atom. The van der Waals surface area contributed by atoms with Gasteiger partial charge in [0.1, 0.15) is 5.78 Å². The fourth-order valence-electron chi connectivity index (χ4n) is 3.94. The van der Waals surface area contributed by atoms with E-state index < -0.39 is 0 Å². The molecule has 0 N–H and O–H groups in total. The number of ketones is 1. The Morgan fingerprint density at radius 1 is 1.00 bits per heavy atom. The number of rotatable bonds is 0. The molecule has 1 nitrogen and oxygen atoms in total. The van der Waals surface area contributed by atoms with E-state index in [1.54, 1.807) is 0 Å². The van der Waals surface area contributed by atoms with Gasteiger partial charge in [0.05, 0.1) is 0 Å². The van der Waals surface area contributed by atoms with Crippen LogP contribution in [0.2, 0.25) is 0 Å². The van der Waals surface area contributed by atoms with Crippen LogP contribution in [0.4, 0.5) is 0 Å². The zero-order chi connectivity index (χ0) is 12.1. The molecule has 0 aliphatic heterocycles. The highest BCUT2D eigenvalue weighted by atomic mass is 16.1. The Balaban J connectivity index is 2.29. The number of hydrogen-bond donors (Lipinski definition) is 0. The molecule has 0 aromatic carbocycles. The van der Waals surface area contributed by atoms with Gasteiger partial charge in [0, 0.05) is 12.3 Å². The lowest BCUT2D eigenvalue weighted by molar-refractivity contribution is -0.136. The molecule has 2 rings (SSSR count). The highest BCUT2D eigenvalue weighted by molar-refractivity contribution is 5.81. The highest BCUT2D eigenvalue weighted by Crippen LogP contribution is 2.57. The summed E-state index contributed by atoms with van der Waals surface area (Å²) in [4.78, 5) is 11.9. The predicted octanol–water partition coefficient (Wildman–Crippen LogP) is 4.06. The average Bonchev–Trinajstić information content (AvgIpc) is 2.17. The van der Waals surface area contributed by atoms with Crippen LogP contribution in [0.15, 0.2) is 0 Å². The van der Waals surface area contributed by atoms with E-state index in [-0.39, 0.29) is 0 Å². The lowest BCUT2D eigenvalue weighted by atomic mass is 9.50. The van der Waals surface area contributed by atoms with Gasteiger partial charge in [-0.05, 0) is 41.9 Å². The molecule has 0 heterocycles. The van der Waals surface area contributed by atoms with Gasteiger partial charge in [0.15, 0.2) is 0 Å². The predicted molar refractivity (Wildman–Crippen MR) is 67.2 cm³/mol. The summed E-state index contributed by atoms with van der Waals surface area (Å²) in [7, 11) is 0. The first-order chi connectivity index (χ1) is 7.24. The van der Waals surface area contributed by atoms with E-state index in [0.29, 0.717) is 28.4 Å². The van der Waals surface area contributed by atoms with E-state index in [2.05, 4.69) is 34.6 Å². The van der Waals surface area contributed by atoms with Crippen molar-refractivity contribution in [3.8, 4) is 0 Å². The van der Waals surface area contributed by atoms with Crippen molar-refractivity contribution in [3.63, 3.8) is 0 Å². The summed E-state index contributed by atoms with van der Waals surface area (Å²) in [6, 6.07) is 0. The summed E-state index contributed by atoms with van der Waals surface area (Å²) < 4.78 is 0. The van der Waals surface area contributed by atoms with Gasteiger partial charge in [-0.25, -0.2) is 0 Å². The maximum Gasteiger partial charge on any atom is 0.136 e. The van der Waals surface area contributed by atoms with Crippen molar-refractivity contribution >= 4 is 5.78 Å². The van der Waals surface area contributed by atoms with E-state index >= 15 is 0 Å². The minimum atomic E-state index is 0.300. The fraction of sp³-hybridized carbons (Fsp3) is 0.933. The van der Waals surface area contributed by atoms with Crippen molar-refractivity contribution in [2.24, 2.45) is 28.6 Å². The third-order valence-corrected chi connectivity index (χ3v) is 5.49. The minimum absolute atomic E-state index is 0.300. The molecule has 3 atom stereocenters. The Bertz CT molecular complexity index is 301. The van der Waals surface area contributed by atoms with Gasteiger partial charge in [0.25, 0.3) is 0 Å². The second-order valence-electron chi connectivity index (χ2n) is 7.50. The smallest absolute Gasteiger partial charge is 0.136 e. The first kappa shape index (κ1) is 12.1. The first-order valence-corrected chi connectivity index (χ1v) is 6.77. The zero-order valence-corrected chi connectivity index (χ0v) is 11.5. The van der Waals surface area contributed by atoms with Gasteiger partial charge >= 0.3 is 0 Å². The van der Waals surface area contributed by atoms with Crippen molar-refractivity contribution in [1.29, 1.82) is 0 Å². The second-order valence-corrected chi connectivity index (χ2v) is 7.50. The van der Waals surface area contributed by atoms with Gasteiger partial charge in [-0.1, -0.05) is 34.6 Å². The molecule has 3 unspecified atom stereocenters. The van der Waals surface area contributed by atoms with E-state index in [9.17, 15) is 4.79 Å². The summed E-state index contributed by atoms with van der Waals surface area (Å²) in [5.41, 5.74) is 0.811. The largest absolute Gasteiger partial charge is 0.299 e. The molecule has 0 aromatic heterocycles. The standard InChI is InChI=1S/C15H26O/c1-10-8-11-12(9-13(10)16)15(4,5)7-6-14(11,2)3/h10-12H,6-9H2,1-5H3. The van der Waals surface area contributed by atoms with Crippen LogP contribution >= 0.6 is 0 Å². The summed E-state index contributed by atoms with van der Waals surface area (Å²) in [6.07, 6.45) is 4.56. The van der Waals surface area contributed by atoms with E-state index in [1.807, 2.05) is 0 Å². The third kappa shape index (κ3) is 1.83. The van der Waals surface area contributed by atoms with Crippen LogP contribution in [-0.2, 0) is 4.79 Å². The number of Topliss-reactive ketones (excluding diaryl/α,β-unsaturated/α-hetero) is 1. The number of fused-ring (bicyclic) bond motifs is 1. The molecule has 1 heteroatoms. The summed E-state index contributed by atoms with van der Waals surface area (Å²) in [6.45, 7) is 11.7. The van der Waals surface area contributed by atoms with Crippen molar-refractivity contribution in [2.75, 3.05) is 0 Å². The minimum Gasteiger partial charge on any atom is -0.299 e. The van der Waals surface area contributed by atoms with Crippen LogP contribution in [-0.4, -0.2) is 5.78 Å². The molecule has 2 saturated carbocycles. The molecule has 2 aliphatic rings. The van der Waals surface area contributed by atoms with Crippen LogP contribution in [0.25, 0.3) is 0 Å². The lowest BCUT2D eigenvalue weighted by Gasteiger charge is -2.55. The van der Waals surface area contributed by atoms with Crippen LogP contribution in [0, 0.1) is 28.6 Å². The fourth-order valence-corrected chi connectivity index (χ4v) is 3.94. The topological polar surface area (TPSA) is 17.1 Å². The number of carbonyl (C=O) groups is 1. The molecule has 0 spiro atoms. The molecule has 0 amide bonds. The van der Waals surface area contributed by atoms with Crippen molar-refractivity contribution in [2.45, 2.75) is 60.3 Å². The van der Waals surface area contributed by atoms with Crippen molar-refractivity contribution < 1.29 is 4.79 Å². The summed E-state index contributed by atoms with van der Waals surface area (Å²) in [5, 5.41) is 0. The third-order valence-electron chi connectivity index (χ3n) is 5.49. The molecule has 92 valence electrons. The summed E-state index contributed by atoms with van der Waals surface area (Å²) in [5.74, 6) is 2.19. The Hall–Kier alpha value is -0.330. The second kappa shape index (κ2) is 3.58. The van der Waals surface area contributed by atoms with Gasteiger partial charge in [-0.15, -0.1) is 0 Å². The maximum absolute atomic E-state index is 11.9. The Kier molecular flexibility index (Phi) is 2.72. The van der Waals surface area contributed by atoms with E-state index in [4.69, 9.17) is 0 Å². The molecular formula is C15H26O. The monoisotopic (exact) mass is 222 g/mol. The van der Waals surface area contributed by atoms with Crippen molar-refractivity contribution in [3.05, 3.63) is 0 Å². The summed E-state index contributed by atoms with van der Waals surface area (Å²) >= 11 is 0. The van der Waals surface area contributed by atoms with E-state index in [1.165, 1.54) is 12.8 Å². The van der Waals surface area contributed by atoms with E-state index in [0.717, 1.165) is 18.8 Å². The Labute approximate surface area is 100.0 Å². The van der Waals surface area contributed by atoms with Crippen LogP contribution in [0.5, 0.6) is 0 Å².